The van der Waals surface area contributed by atoms with Crippen molar-refractivity contribution in [1.29, 1.82) is 0 Å². The Morgan fingerprint density at radius 1 is 1.24 bits per heavy atom. The zero-order chi connectivity index (χ0) is 11.8. The predicted molar refractivity (Wildman–Crippen MR) is 69.2 cm³/mol. The molecule has 1 aliphatic rings. The van der Waals surface area contributed by atoms with Crippen LogP contribution in [0, 0.1) is 0 Å². The first-order valence-corrected chi connectivity index (χ1v) is 6.07. The molecular formula is C13H9BrN2O. The maximum Gasteiger partial charge on any atom is 0.237 e. The molecule has 0 unspecified atom stereocenters. The van der Waals surface area contributed by atoms with Crippen LogP contribution in [0.1, 0.15) is 5.56 Å². The van der Waals surface area contributed by atoms with E-state index in [-0.39, 0.29) is 5.91 Å². The van der Waals surface area contributed by atoms with Crippen molar-refractivity contribution in [2.24, 2.45) is 0 Å². The first-order valence-electron chi connectivity index (χ1n) is 5.28. The molecule has 0 fully saturated rings. The Labute approximate surface area is 107 Å². The highest BCUT2D eigenvalue weighted by atomic mass is 79.9. The van der Waals surface area contributed by atoms with Crippen LogP contribution >= 0.6 is 15.9 Å². The van der Waals surface area contributed by atoms with E-state index in [1.165, 1.54) is 0 Å². The molecule has 0 saturated heterocycles. The Kier molecular flexibility index (Phi) is 2.44. The van der Waals surface area contributed by atoms with Crippen LogP contribution in [-0.2, 0) is 11.2 Å². The fourth-order valence-electron chi connectivity index (χ4n) is 2.01. The molecule has 17 heavy (non-hydrogen) atoms. The van der Waals surface area contributed by atoms with Gasteiger partial charge in [-0.3, -0.25) is 9.69 Å². The minimum Gasteiger partial charge on any atom is -0.274 e. The standard InChI is InChI=1S/C13H9BrN2O/c14-10-6-9-7-12(17)16(13(9)15-8-10)11-4-2-1-3-5-11/h1-6,8H,7H2. The number of para-hydroxylation sites is 1. The van der Waals surface area contributed by atoms with Crippen LogP contribution < -0.4 is 4.90 Å². The van der Waals surface area contributed by atoms with Gasteiger partial charge < -0.3 is 0 Å². The molecule has 1 aromatic heterocycles. The maximum absolute atomic E-state index is 12.0. The largest absolute Gasteiger partial charge is 0.274 e. The number of benzene rings is 1. The molecule has 0 spiro atoms. The van der Waals surface area contributed by atoms with Gasteiger partial charge in [-0.2, -0.15) is 0 Å². The fraction of sp³-hybridized carbons (Fsp3) is 0.0769. The van der Waals surface area contributed by atoms with Gasteiger partial charge in [0.05, 0.1) is 12.1 Å². The molecule has 2 heterocycles. The lowest BCUT2D eigenvalue weighted by Gasteiger charge is -2.16. The van der Waals surface area contributed by atoms with Gasteiger partial charge in [-0.15, -0.1) is 0 Å². The first kappa shape index (κ1) is 10.5. The molecule has 1 aromatic carbocycles. The molecule has 0 saturated carbocycles. The monoisotopic (exact) mass is 288 g/mol. The van der Waals surface area contributed by atoms with Gasteiger partial charge in [-0.25, -0.2) is 4.98 Å². The molecule has 0 N–H and O–H groups in total. The van der Waals surface area contributed by atoms with Crippen LogP contribution in [0.2, 0.25) is 0 Å². The van der Waals surface area contributed by atoms with Crippen molar-refractivity contribution in [1.82, 2.24) is 4.98 Å². The third kappa shape index (κ3) is 1.74. The van der Waals surface area contributed by atoms with Crippen LogP contribution in [0.25, 0.3) is 0 Å². The number of pyridine rings is 1. The Morgan fingerprint density at radius 2 is 2.00 bits per heavy atom. The van der Waals surface area contributed by atoms with Gasteiger partial charge in [0.25, 0.3) is 0 Å². The lowest BCUT2D eigenvalue weighted by atomic mass is 10.2. The Bertz CT molecular complexity index is 583. The average molecular weight is 289 g/mol. The summed E-state index contributed by atoms with van der Waals surface area (Å²) in [6.07, 6.45) is 2.13. The highest BCUT2D eigenvalue weighted by Gasteiger charge is 2.29. The predicted octanol–water partition coefficient (Wildman–Crippen LogP) is 3.06. The quantitative estimate of drug-likeness (QED) is 0.808. The van der Waals surface area contributed by atoms with Crippen LogP contribution in [0.3, 0.4) is 0 Å². The molecule has 4 heteroatoms. The van der Waals surface area contributed by atoms with E-state index in [0.29, 0.717) is 6.42 Å². The molecule has 1 amide bonds. The number of fused-ring (bicyclic) bond motifs is 1. The molecule has 0 aliphatic carbocycles. The molecule has 0 atom stereocenters. The minimum absolute atomic E-state index is 0.0665. The molecule has 2 aromatic rings. The van der Waals surface area contributed by atoms with Crippen molar-refractivity contribution in [3.63, 3.8) is 0 Å². The third-order valence-corrected chi connectivity index (χ3v) is 3.16. The normalized spacial score (nSPS) is 13.9. The van der Waals surface area contributed by atoms with E-state index in [1.807, 2.05) is 36.4 Å². The Morgan fingerprint density at radius 3 is 2.76 bits per heavy atom. The van der Waals surface area contributed by atoms with Crippen molar-refractivity contribution in [3.05, 3.63) is 52.6 Å². The summed E-state index contributed by atoms with van der Waals surface area (Å²) in [5, 5.41) is 0. The van der Waals surface area contributed by atoms with Crippen LogP contribution in [0.4, 0.5) is 11.5 Å². The van der Waals surface area contributed by atoms with Gasteiger partial charge in [-0.1, -0.05) is 18.2 Å². The minimum atomic E-state index is 0.0665. The number of anilines is 2. The van der Waals surface area contributed by atoms with Gasteiger partial charge in [0.15, 0.2) is 0 Å². The lowest BCUT2D eigenvalue weighted by molar-refractivity contribution is -0.116. The molecule has 3 nitrogen and oxygen atoms in total. The number of nitrogens with zero attached hydrogens (tertiary/aromatic N) is 2. The van der Waals surface area contributed by atoms with Gasteiger partial charge in [0.1, 0.15) is 5.82 Å². The number of hydrogen-bond acceptors (Lipinski definition) is 2. The van der Waals surface area contributed by atoms with E-state index in [9.17, 15) is 4.79 Å². The van der Waals surface area contributed by atoms with Gasteiger partial charge in [0, 0.05) is 16.2 Å². The summed E-state index contributed by atoms with van der Waals surface area (Å²) in [4.78, 5) is 18.0. The van der Waals surface area contributed by atoms with Gasteiger partial charge in [0.2, 0.25) is 5.91 Å². The van der Waals surface area contributed by atoms with E-state index in [0.717, 1.165) is 21.5 Å². The molecule has 1 aliphatic heterocycles. The van der Waals surface area contributed by atoms with Crippen LogP contribution in [0.15, 0.2) is 47.1 Å². The van der Waals surface area contributed by atoms with Crippen molar-refractivity contribution in [3.8, 4) is 0 Å². The number of aromatic nitrogens is 1. The van der Waals surface area contributed by atoms with Crippen molar-refractivity contribution >= 4 is 33.3 Å². The second-order valence-electron chi connectivity index (χ2n) is 3.88. The summed E-state index contributed by atoms with van der Waals surface area (Å²) < 4.78 is 0.902. The van der Waals surface area contributed by atoms with E-state index >= 15 is 0 Å². The summed E-state index contributed by atoms with van der Waals surface area (Å²) in [6.45, 7) is 0. The SMILES string of the molecule is O=C1Cc2cc(Br)cnc2N1c1ccccc1. The summed E-state index contributed by atoms with van der Waals surface area (Å²) in [6, 6.07) is 11.5. The summed E-state index contributed by atoms with van der Waals surface area (Å²) in [5.74, 6) is 0.807. The van der Waals surface area contributed by atoms with Crippen molar-refractivity contribution in [2.75, 3.05) is 4.90 Å². The zero-order valence-corrected chi connectivity index (χ0v) is 10.5. The molecular weight excluding hydrogens is 280 g/mol. The van der Waals surface area contributed by atoms with E-state index < -0.39 is 0 Å². The summed E-state index contributed by atoms with van der Waals surface area (Å²) in [5.41, 5.74) is 1.83. The number of rotatable bonds is 1. The van der Waals surface area contributed by atoms with Crippen LogP contribution in [0.5, 0.6) is 0 Å². The molecule has 84 valence electrons. The number of carbonyl (C=O) groups excluding carboxylic acids is 1. The topological polar surface area (TPSA) is 33.2 Å². The van der Waals surface area contributed by atoms with Gasteiger partial charge >= 0.3 is 0 Å². The third-order valence-electron chi connectivity index (χ3n) is 2.73. The first-order chi connectivity index (χ1) is 8.25. The smallest absolute Gasteiger partial charge is 0.237 e. The number of amides is 1. The van der Waals surface area contributed by atoms with Crippen molar-refractivity contribution in [2.45, 2.75) is 6.42 Å². The number of hydrogen-bond donors (Lipinski definition) is 0. The van der Waals surface area contributed by atoms with E-state index in [1.54, 1.807) is 11.1 Å². The molecule has 3 rings (SSSR count). The highest BCUT2D eigenvalue weighted by molar-refractivity contribution is 9.10. The maximum atomic E-state index is 12.0. The van der Waals surface area contributed by atoms with Crippen molar-refractivity contribution < 1.29 is 4.79 Å². The second kappa shape index (κ2) is 3.96. The highest BCUT2D eigenvalue weighted by Crippen LogP contribution is 2.34. The fourth-order valence-corrected chi connectivity index (χ4v) is 2.39. The molecule has 0 bridgehead atoms. The Balaban J connectivity index is 2.12. The lowest BCUT2D eigenvalue weighted by Crippen LogP contribution is -2.21. The molecule has 0 radical (unpaired) electrons. The number of halogens is 1. The average Bonchev–Trinajstić information content (AvgIpc) is 2.65. The van der Waals surface area contributed by atoms with E-state index in [2.05, 4.69) is 20.9 Å². The summed E-state index contributed by atoms with van der Waals surface area (Å²) in [7, 11) is 0. The number of carbonyl (C=O) groups is 1. The van der Waals surface area contributed by atoms with Crippen LogP contribution in [-0.4, -0.2) is 10.9 Å². The Hall–Kier alpha value is -1.68. The van der Waals surface area contributed by atoms with Gasteiger partial charge in [-0.05, 0) is 34.1 Å². The second-order valence-corrected chi connectivity index (χ2v) is 4.79. The zero-order valence-electron chi connectivity index (χ0n) is 8.93. The summed E-state index contributed by atoms with van der Waals surface area (Å²) >= 11 is 3.37. The van der Waals surface area contributed by atoms with E-state index in [4.69, 9.17) is 0 Å².